The van der Waals surface area contributed by atoms with Crippen LogP contribution in [0, 0.1) is 18.3 Å². The molecule has 0 amide bonds. The molecule has 17 heavy (non-hydrogen) atoms. The van der Waals surface area contributed by atoms with Gasteiger partial charge in [-0.25, -0.2) is 0 Å². The molecule has 1 aliphatic carbocycles. The molecular formula is C14H14INO. The molecule has 2 atom stereocenters. The second-order valence-electron chi connectivity index (χ2n) is 4.64. The summed E-state index contributed by atoms with van der Waals surface area (Å²) in [5, 5.41) is 9.57. The number of alkyl halides is 1. The van der Waals surface area contributed by atoms with Crippen LogP contribution >= 0.6 is 22.6 Å². The fourth-order valence-electron chi connectivity index (χ4n) is 2.46. The fraction of sp³-hybridized carbons (Fsp3) is 0.429. The minimum absolute atomic E-state index is 0.208. The smallest absolute Gasteiger partial charge is 0.147 e. The van der Waals surface area contributed by atoms with E-state index in [-0.39, 0.29) is 9.71 Å². The number of rotatable bonds is 1. The molecule has 88 valence electrons. The predicted octanol–water partition coefficient (Wildman–Crippen LogP) is 3.31. The number of hydrogen-bond acceptors (Lipinski definition) is 2. The Hall–Kier alpha value is -0.890. The van der Waals surface area contributed by atoms with Gasteiger partial charge in [0, 0.05) is 6.42 Å². The van der Waals surface area contributed by atoms with Gasteiger partial charge in [0.2, 0.25) is 0 Å². The third-order valence-electron chi connectivity index (χ3n) is 3.44. The molecule has 3 heteroatoms. The maximum absolute atomic E-state index is 11.9. The van der Waals surface area contributed by atoms with Crippen LogP contribution in [0.2, 0.25) is 0 Å². The van der Waals surface area contributed by atoms with Crippen LogP contribution in [0.25, 0.3) is 0 Å². The van der Waals surface area contributed by atoms with Crippen LogP contribution in [-0.2, 0) is 10.2 Å². The fourth-order valence-corrected chi connectivity index (χ4v) is 3.58. The monoisotopic (exact) mass is 339 g/mol. The Labute approximate surface area is 115 Å². The van der Waals surface area contributed by atoms with Crippen molar-refractivity contribution in [1.82, 2.24) is 0 Å². The van der Waals surface area contributed by atoms with Crippen molar-refractivity contribution in [2.75, 3.05) is 0 Å². The van der Waals surface area contributed by atoms with E-state index in [1.165, 1.54) is 0 Å². The van der Waals surface area contributed by atoms with Crippen LogP contribution in [-0.4, -0.2) is 9.71 Å². The molecule has 1 aromatic rings. The summed E-state index contributed by atoms with van der Waals surface area (Å²) in [7, 11) is 0. The average molecular weight is 339 g/mol. The van der Waals surface area contributed by atoms with Gasteiger partial charge in [0.25, 0.3) is 0 Å². The Bertz CT molecular complexity index is 491. The summed E-state index contributed by atoms with van der Waals surface area (Å²) >= 11 is 2.14. The van der Waals surface area contributed by atoms with E-state index in [1.807, 2.05) is 31.2 Å². The molecule has 0 aromatic heterocycles. The van der Waals surface area contributed by atoms with Crippen LogP contribution in [0.15, 0.2) is 24.3 Å². The lowest BCUT2D eigenvalue weighted by Gasteiger charge is -2.35. The van der Waals surface area contributed by atoms with Crippen LogP contribution in [0.4, 0.5) is 0 Å². The summed E-state index contributed by atoms with van der Waals surface area (Å²) in [5.74, 6) is 0.208. The van der Waals surface area contributed by atoms with Gasteiger partial charge in [-0.2, -0.15) is 5.26 Å². The quantitative estimate of drug-likeness (QED) is 0.582. The van der Waals surface area contributed by atoms with Gasteiger partial charge in [-0.05, 0) is 25.3 Å². The molecule has 1 fully saturated rings. The first-order valence-electron chi connectivity index (χ1n) is 5.75. The third kappa shape index (κ3) is 2.11. The number of Topliss-reactive ketones (excluding diaryl/α,β-unsaturated/α-hetero) is 1. The summed E-state index contributed by atoms with van der Waals surface area (Å²) in [6.07, 6.45) is 2.22. The molecular weight excluding hydrogens is 325 g/mol. The zero-order valence-corrected chi connectivity index (χ0v) is 11.9. The highest BCUT2D eigenvalue weighted by atomic mass is 127. The van der Waals surface area contributed by atoms with Gasteiger partial charge in [0.15, 0.2) is 0 Å². The Morgan fingerprint density at radius 3 is 2.94 bits per heavy atom. The molecule has 1 aromatic carbocycles. The van der Waals surface area contributed by atoms with Gasteiger partial charge < -0.3 is 0 Å². The van der Waals surface area contributed by atoms with Crippen molar-refractivity contribution in [3.05, 3.63) is 35.4 Å². The lowest BCUT2D eigenvalue weighted by atomic mass is 9.70. The van der Waals surface area contributed by atoms with Crippen LogP contribution in [0.3, 0.4) is 0 Å². The first-order chi connectivity index (χ1) is 8.10. The number of carbonyl (C=O) groups excluding carboxylic acids is 1. The molecule has 0 saturated heterocycles. The SMILES string of the molecule is Cc1cccc(C2(C#N)CCCC(=O)C2I)c1. The number of carbonyl (C=O) groups is 1. The minimum atomic E-state index is -0.623. The Kier molecular flexibility index (Phi) is 3.53. The van der Waals surface area contributed by atoms with E-state index in [0.717, 1.165) is 24.0 Å². The number of halogens is 1. The van der Waals surface area contributed by atoms with E-state index in [1.54, 1.807) is 0 Å². The number of ketones is 1. The summed E-state index contributed by atoms with van der Waals surface area (Å²) in [6.45, 7) is 2.02. The van der Waals surface area contributed by atoms with Crippen LogP contribution in [0.5, 0.6) is 0 Å². The molecule has 0 radical (unpaired) electrons. The maximum Gasteiger partial charge on any atom is 0.147 e. The number of benzene rings is 1. The zero-order chi connectivity index (χ0) is 12.5. The number of aryl methyl sites for hydroxylation is 1. The van der Waals surface area contributed by atoms with Crippen molar-refractivity contribution in [3.63, 3.8) is 0 Å². The van der Waals surface area contributed by atoms with Gasteiger partial charge >= 0.3 is 0 Å². The Morgan fingerprint density at radius 2 is 2.29 bits per heavy atom. The summed E-state index contributed by atoms with van der Waals surface area (Å²) < 4.78 is -0.222. The maximum atomic E-state index is 11.9. The van der Waals surface area contributed by atoms with Crippen molar-refractivity contribution < 1.29 is 4.79 Å². The predicted molar refractivity (Wildman–Crippen MR) is 75.1 cm³/mol. The van der Waals surface area contributed by atoms with E-state index >= 15 is 0 Å². The molecule has 0 heterocycles. The van der Waals surface area contributed by atoms with Gasteiger partial charge in [-0.3, -0.25) is 4.79 Å². The van der Waals surface area contributed by atoms with Crippen molar-refractivity contribution in [2.45, 2.75) is 35.5 Å². The second-order valence-corrected chi connectivity index (χ2v) is 5.88. The van der Waals surface area contributed by atoms with Crippen molar-refractivity contribution in [1.29, 1.82) is 5.26 Å². The number of hydrogen-bond donors (Lipinski definition) is 0. The molecule has 0 N–H and O–H groups in total. The molecule has 2 unspecified atom stereocenters. The molecule has 0 aliphatic heterocycles. The van der Waals surface area contributed by atoms with Crippen molar-refractivity contribution in [3.8, 4) is 6.07 Å². The van der Waals surface area contributed by atoms with Gasteiger partial charge in [-0.1, -0.05) is 52.4 Å². The largest absolute Gasteiger partial charge is 0.298 e. The highest BCUT2D eigenvalue weighted by Crippen LogP contribution is 2.41. The summed E-state index contributed by atoms with van der Waals surface area (Å²) in [5.41, 5.74) is 1.51. The molecule has 2 nitrogen and oxygen atoms in total. The van der Waals surface area contributed by atoms with Gasteiger partial charge in [0.05, 0.1) is 9.99 Å². The van der Waals surface area contributed by atoms with E-state index in [2.05, 4.69) is 28.7 Å². The van der Waals surface area contributed by atoms with Gasteiger partial charge in [-0.15, -0.1) is 0 Å². The topological polar surface area (TPSA) is 40.9 Å². The molecule has 1 saturated carbocycles. The highest BCUT2D eigenvalue weighted by molar-refractivity contribution is 14.1. The van der Waals surface area contributed by atoms with Crippen molar-refractivity contribution >= 4 is 28.4 Å². The average Bonchev–Trinajstić information content (AvgIpc) is 2.33. The molecule has 2 rings (SSSR count). The van der Waals surface area contributed by atoms with E-state index in [4.69, 9.17) is 0 Å². The Balaban J connectivity index is 2.51. The Morgan fingerprint density at radius 1 is 1.53 bits per heavy atom. The van der Waals surface area contributed by atoms with Crippen molar-refractivity contribution in [2.24, 2.45) is 0 Å². The summed E-state index contributed by atoms with van der Waals surface area (Å²) in [6, 6.07) is 10.4. The molecule has 0 spiro atoms. The standard InChI is InChI=1S/C14H14INO/c1-10-4-2-5-11(8-10)14(9-16)7-3-6-12(17)13(14)15/h2,4-5,8,13H,3,6-7H2,1H3. The zero-order valence-electron chi connectivity index (χ0n) is 9.74. The van der Waals surface area contributed by atoms with Gasteiger partial charge in [0.1, 0.15) is 11.2 Å². The minimum Gasteiger partial charge on any atom is -0.298 e. The second kappa shape index (κ2) is 4.77. The lowest BCUT2D eigenvalue weighted by Crippen LogP contribution is -2.43. The normalized spacial score (nSPS) is 28.8. The number of nitrogens with zero attached hydrogens (tertiary/aromatic N) is 1. The van der Waals surface area contributed by atoms with Crippen LogP contribution < -0.4 is 0 Å². The molecule has 0 bridgehead atoms. The van der Waals surface area contributed by atoms with Crippen LogP contribution in [0.1, 0.15) is 30.4 Å². The first-order valence-corrected chi connectivity index (χ1v) is 7.00. The van der Waals surface area contributed by atoms with E-state index < -0.39 is 5.41 Å². The third-order valence-corrected chi connectivity index (χ3v) is 5.20. The molecule has 1 aliphatic rings. The first kappa shape index (κ1) is 12.6. The van der Waals surface area contributed by atoms with E-state index in [0.29, 0.717) is 6.42 Å². The van der Waals surface area contributed by atoms with E-state index in [9.17, 15) is 10.1 Å². The highest BCUT2D eigenvalue weighted by Gasteiger charge is 2.45. The summed E-state index contributed by atoms with van der Waals surface area (Å²) in [4.78, 5) is 11.9. The number of nitriles is 1. The lowest BCUT2D eigenvalue weighted by molar-refractivity contribution is -0.120.